The van der Waals surface area contributed by atoms with E-state index in [1.165, 1.54) is 62.2 Å². The Morgan fingerprint density at radius 2 is 0.933 bits per heavy atom. The summed E-state index contributed by atoms with van der Waals surface area (Å²) in [5.41, 5.74) is 2.64. The molecule has 0 atom stereocenters. The van der Waals surface area contributed by atoms with Gasteiger partial charge in [0.15, 0.2) is 0 Å². The van der Waals surface area contributed by atoms with Gasteiger partial charge in [-0.05, 0) is 154 Å². The normalized spacial score (nSPS) is 18.8. The van der Waals surface area contributed by atoms with Crippen molar-refractivity contribution in [1.29, 1.82) is 0 Å². The van der Waals surface area contributed by atoms with Crippen LogP contribution in [0.1, 0.15) is 97.7 Å². The van der Waals surface area contributed by atoms with Crippen molar-refractivity contribution in [3.8, 4) is 11.5 Å². The smallest absolute Gasteiger partial charge is 0.406 e. The van der Waals surface area contributed by atoms with E-state index in [0.717, 1.165) is 97.2 Å². The highest BCUT2D eigenvalue weighted by atomic mass is 79.9. The minimum absolute atomic E-state index is 0. The van der Waals surface area contributed by atoms with Crippen molar-refractivity contribution in [2.75, 3.05) is 52.4 Å². The first kappa shape index (κ1) is 80.4. The van der Waals surface area contributed by atoms with Gasteiger partial charge in [-0.25, -0.2) is 43.1 Å². The van der Waals surface area contributed by atoms with Crippen molar-refractivity contribution in [2.24, 2.45) is 9.98 Å². The summed E-state index contributed by atoms with van der Waals surface area (Å²) in [6, 6.07) is 40.2. The van der Waals surface area contributed by atoms with E-state index >= 15 is 0 Å². The first-order valence-electron chi connectivity index (χ1n) is 32.9. The second-order valence-electron chi connectivity index (χ2n) is 25.6. The van der Waals surface area contributed by atoms with Gasteiger partial charge >= 0.3 is 12.7 Å². The molecule has 6 aliphatic heterocycles. The van der Waals surface area contributed by atoms with E-state index in [1.54, 1.807) is 31.2 Å². The third-order valence-electron chi connectivity index (χ3n) is 18.4. The molecule has 12 rings (SSSR count). The fraction of sp³-hybridized carbons (Fsp3) is 0.380. The Kier molecular flexibility index (Phi) is 25.8. The Hall–Kier alpha value is -7.70. The molecule has 6 aromatic rings. The Labute approximate surface area is 611 Å². The summed E-state index contributed by atoms with van der Waals surface area (Å²) in [7, 11) is -14.8. The van der Waals surface area contributed by atoms with E-state index in [0.29, 0.717) is 28.9 Å². The number of aliphatic imine (C=N–C) groups is 2. The van der Waals surface area contributed by atoms with Crippen molar-refractivity contribution < 1.29 is 79.1 Å². The lowest BCUT2D eigenvalue weighted by Gasteiger charge is -2.34. The van der Waals surface area contributed by atoms with Gasteiger partial charge in [0.25, 0.3) is 11.8 Å². The highest BCUT2D eigenvalue weighted by Gasteiger charge is 2.49. The standard InChI is InChI=1S/C35H38F3N5O6S2.C19H23BrN2O2S.C16H16F3N3O4S.CH4/c1-25-22-31(51(47,48)41-29-12-17-42(18-13-29)24-26-6-3-2-4-7-26)11-10-27(25)14-21-50(45,46)43-19-15-34(16-20-43)33(44)39-32(40-34)28-8-5-9-30(23-28)49-35(36,37)38;1-15-13-18(7-8-19(15)20)25(23,24)21-17-9-11-22(12-10-17)14-16-5-3-2-4-6-16;1-2-27(24,25)22-8-6-15(7-9-22)14(23)20-13(21-15)11-4-3-5-12(10-11)26-16(17,18)19;/h2-11,14,21-23,29,41H,12-13,15-20,24H2,1H3,(H,39,40,44);2-8,13,17,21H,9-12,14H2,1H3;2-5,10H,1,6-9H2,(H,20,21,23);1H4/b21-14+;;;. The third kappa shape index (κ3) is 21.1. The number of hydrogen-bond acceptors (Lipinski definition) is 16. The van der Waals surface area contributed by atoms with Crippen LogP contribution in [0, 0.1) is 13.8 Å². The number of carbonyl (C=O) groups is 2. The van der Waals surface area contributed by atoms with Gasteiger partial charge < -0.3 is 20.1 Å². The predicted octanol–water partition coefficient (Wildman–Crippen LogP) is 10.7. The summed E-state index contributed by atoms with van der Waals surface area (Å²) >= 11 is 3.41. The van der Waals surface area contributed by atoms with Crippen molar-refractivity contribution in [1.82, 2.24) is 38.5 Å². The Morgan fingerprint density at radius 3 is 1.32 bits per heavy atom. The highest BCUT2D eigenvalue weighted by Crippen LogP contribution is 2.36. The van der Waals surface area contributed by atoms with Gasteiger partial charge in [0.1, 0.15) is 34.2 Å². The number of amides is 2. The number of nitrogens with one attached hydrogen (secondary N) is 4. The van der Waals surface area contributed by atoms with Gasteiger partial charge in [0.2, 0.25) is 40.1 Å². The number of alkyl halides is 6. The van der Waals surface area contributed by atoms with Crippen LogP contribution >= 0.6 is 15.9 Å². The fourth-order valence-corrected chi connectivity index (χ4v) is 17.8. The molecule has 560 valence electrons. The molecule has 6 aromatic carbocycles. The molecule has 0 bridgehead atoms. The fourth-order valence-electron chi connectivity index (χ4n) is 12.7. The molecule has 2 spiro atoms. The molecule has 0 unspecified atom stereocenters. The maximum absolute atomic E-state index is 13.3. The van der Waals surface area contributed by atoms with Gasteiger partial charge in [-0.1, -0.05) is 121 Å². The van der Waals surface area contributed by atoms with Crippen LogP contribution in [0.4, 0.5) is 26.3 Å². The molecule has 6 heterocycles. The molecule has 2 amide bonds. The minimum atomic E-state index is -4.88. The van der Waals surface area contributed by atoms with Gasteiger partial charge in [-0.2, -0.15) is 8.61 Å². The molecule has 0 radical (unpaired) electrons. The van der Waals surface area contributed by atoms with Crippen LogP contribution in [0.25, 0.3) is 6.08 Å². The van der Waals surface area contributed by atoms with Crippen LogP contribution in [0.2, 0.25) is 0 Å². The lowest BCUT2D eigenvalue weighted by Crippen LogP contribution is -2.50. The quantitative estimate of drug-likeness (QED) is 0.0549. The van der Waals surface area contributed by atoms with Crippen LogP contribution in [0.5, 0.6) is 11.5 Å². The first-order chi connectivity index (χ1) is 48.6. The average Bonchev–Trinajstić information content (AvgIpc) is 1.61. The zero-order chi connectivity index (χ0) is 74.2. The summed E-state index contributed by atoms with van der Waals surface area (Å²) in [5, 5.41) is 7.09. The van der Waals surface area contributed by atoms with Crippen molar-refractivity contribution in [3.63, 3.8) is 0 Å². The zero-order valence-corrected chi connectivity index (χ0v) is 60.9. The van der Waals surface area contributed by atoms with Crippen LogP contribution < -0.4 is 29.6 Å². The van der Waals surface area contributed by atoms with Gasteiger partial charge in [-0.3, -0.25) is 29.4 Å². The number of ether oxygens (including phenoxy) is 2. The molecular weight excluding hydrogens is 1510 g/mol. The third-order valence-corrected chi connectivity index (χ3v) is 25.4. The second kappa shape index (κ2) is 33.4. The van der Waals surface area contributed by atoms with Gasteiger partial charge in [0, 0.05) is 104 Å². The molecule has 0 saturated carbocycles. The molecule has 6 aliphatic rings. The lowest BCUT2D eigenvalue weighted by atomic mass is 9.89. The monoisotopic (exact) mass is 1590 g/mol. The lowest BCUT2D eigenvalue weighted by molar-refractivity contribution is -0.275. The number of rotatable bonds is 19. The van der Waals surface area contributed by atoms with E-state index < -0.39 is 87.2 Å². The molecule has 0 aliphatic carbocycles. The predicted molar refractivity (Wildman–Crippen MR) is 387 cm³/mol. The molecule has 0 aromatic heterocycles. The van der Waals surface area contributed by atoms with Gasteiger partial charge in [-0.15, -0.1) is 26.3 Å². The highest BCUT2D eigenvalue weighted by molar-refractivity contribution is 9.10. The van der Waals surface area contributed by atoms with E-state index in [1.807, 2.05) is 31.2 Å². The molecular formula is C71H81BrF6N10O12S4. The van der Waals surface area contributed by atoms with Crippen LogP contribution in [0.3, 0.4) is 0 Å². The summed E-state index contributed by atoms with van der Waals surface area (Å²) in [5.74, 6) is -1.53. The number of aryl methyl sites for hydroxylation is 2. The number of likely N-dealkylation sites (tertiary alicyclic amines) is 2. The van der Waals surface area contributed by atoms with E-state index in [2.05, 4.69) is 108 Å². The Bertz CT molecular complexity index is 4640. The number of sulfonamides is 4. The maximum Gasteiger partial charge on any atom is 0.573 e. The topological polar surface area (TPSA) is 275 Å². The molecule has 4 saturated heterocycles. The molecule has 104 heavy (non-hydrogen) atoms. The van der Waals surface area contributed by atoms with E-state index in [9.17, 15) is 69.6 Å². The number of hydrogen-bond donors (Lipinski definition) is 4. The van der Waals surface area contributed by atoms with Crippen LogP contribution in [0.15, 0.2) is 187 Å². The SMILES string of the molecule is C.C=CS(=O)(=O)N1CCC2(CC1)N=C(c1cccc(OC(F)(F)F)c1)NC2=O.Cc1cc(S(=O)(=O)NC2CCN(Cc3ccccc3)CC2)ccc1/C=C/S(=O)(=O)N1CCC2(CC1)N=C(c1cccc(OC(F)(F)F)c1)NC2=O.Cc1cc(S(=O)(=O)NC2CCN(Cc3ccccc3)CC2)ccc1Br. The van der Waals surface area contributed by atoms with Crippen molar-refractivity contribution >= 4 is 85.6 Å². The molecule has 4 fully saturated rings. The second-order valence-corrected chi connectivity index (χ2v) is 33.6. The largest absolute Gasteiger partial charge is 0.573 e. The molecule has 22 nitrogen and oxygen atoms in total. The minimum Gasteiger partial charge on any atom is -0.406 e. The summed E-state index contributed by atoms with van der Waals surface area (Å²) in [4.78, 5) is 39.4. The number of halogens is 7. The van der Waals surface area contributed by atoms with E-state index in [-0.39, 0.29) is 99.1 Å². The number of amidine groups is 2. The first-order valence-corrected chi connectivity index (χ1v) is 39.7. The Morgan fingerprint density at radius 1 is 0.538 bits per heavy atom. The average molecular weight is 1590 g/mol. The maximum atomic E-state index is 13.3. The van der Waals surface area contributed by atoms with Gasteiger partial charge in [0.05, 0.1) is 9.79 Å². The number of nitrogens with zero attached hydrogens (tertiary/aromatic N) is 6. The molecule has 33 heteroatoms. The van der Waals surface area contributed by atoms with E-state index in [4.69, 9.17) is 0 Å². The van der Waals surface area contributed by atoms with Crippen LogP contribution in [-0.2, 0) is 62.8 Å². The zero-order valence-electron chi connectivity index (χ0n) is 56.0. The summed E-state index contributed by atoms with van der Waals surface area (Å²) < 4.78 is 194. The van der Waals surface area contributed by atoms with Crippen LogP contribution in [-0.4, -0.2) is 164 Å². The number of benzene rings is 6. The summed E-state index contributed by atoms with van der Waals surface area (Å²) in [6.45, 7) is 12.1. The molecule has 4 N–H and O–H groups in total. The van der Waals surface area contributed by atoms with Crippen molar-refractivity contribution in [3.05, 3.63) is 206 Å². The number of carbonyl (C=O) groups excluding carboxylic acids is 2. The summed E-state index contributed by atoms with van der Waals surface area (Å²) in [6.07, 6.45) is -4.79. The van der Waals surface area contributed by atoms with Crippen molar-refractivity contribution in [2.45, 2.75) is 131 Å². The number of piperidine rings is 4. The Balaban J connectivity index is 0.000000199.